The van der Waals surface area contributed by atoms with Crippen molar-refractivity contribution < 1.29 is 13.9 Å². The molecule has 0 spiro atoms. The van der Waals surface area contributed by atoms with Gasteiger partial charge in [0.2, 0.25) is 5.43 Å². The molecule has 2 aromatic carbocycles. The summed E-state index contributed by atoms with van der Waals surface area (Å²) in [6.07, 6.45) is 1.88. The summed E-state index contributed by atoms with van der Waals surface area (Å²) in [6.45, 7) is 4.12. The number of halogens is 2. The van der Waals surface area contributed by atoms with Gasteiger partial charge in [0.1, 0.15) is 16.4 Å². The zero-order chi connectivity index (χ0) is 24.4. The molecule has 4 aromatic rings. The Morgan fingerprint density at radius 1 is 1.15 bits per heavy atom. The van der Waals surface area contributed by atoms with Crippen LogP contribution in [0.15, 0.2) is 59.5 Å². The lowest BCUT2D eigenvalue weighted by Crippen LogP contribution is -2.20. The molecule has 0 saturated carbocycles. The number of carbonyl (C=O) groups excluding carboxylic acids is 1. The molecule has 0 atom stereocenters. The third-order valence-corrected chi connectivity index (χ3v) is 7.56. The molecule has 4 nitrogen and oxygen atoms in total. The van der Waals surface area contributed by atoms with Gasteiger partial charge in [-0.2, -0.15) is 0 Å². The molecule has 0 unspecified atom stereocenters. The fourth-order valence-electron chi connectivity index (χ4n) is 4.01. The van der Waals surface area contributed by atoms with Gasteiger partial charge in [-0.3, -0.25) is 9.59 Å². The zero-order valence-electron chi connectivity index (χ0n) is 19.2. The number of pyridine rings is 1. The molecule has 0 aliphatic heterocycles. The second-order valence-electron chi connectivity index (χ2n) is 8.56. The molecule has 2 aromatic heterocycles. The van der Waals surface area contributed by atoms with Crippen molar-refractivity contribution in [2.75, 3.05) is 7.11 Å². The molecular formula is C27H25BrFNO3S. The highest BCUT2D eigenvalue weighted by Gasteiger charge is 2.23. The van der Waals surface area contributed by atoms with Crippen LogP contribution >= 0.6 is 27.3 Å². The van der Waals surface area contributed by atoms with E-state index in [-0.39, 0.29) is 41.5 Å². The Hall–Kier alpha value is -2.77. The minimum Gasteiger partial charge on any atom is -0.497 e. The molecule has 0 radical (unpaired) electrons. The molecule has 0 aliphatic rings. The maximum atomic E-state index is 14.5. The van der Waals surface area contributed by atoms with Gasteiger partial charge in [-0.05, 0) is 47.4 Å². The van der Waals surface area contributed by atoms with E-state index >= 15 is 0 Å². The number of Topliss-reactive ketones (excluding diaryl/α,β-unsaturated/α-hetero) is 1. The Bertz CT molecular complexity index is 1410. The highest BCUT2D eigenvalue weighted by atomic mass is 79.9. The number of methoxy groups -OCH3 is 1. The number of ketones is 1. The first-order valence-corrected chi connectivity index (χ1v) is 12.9. The SMILES string of the molecule is COc1ccc(-c2sc3c(c2CBr)c(=O)c(C(=O)CC(C)C)cn3Cc2ccccc2F)cc1. The minimum atomic E-state index is -0.322. The molecule has 0 amide bonds. The average molecular weight is 542 g/mol. The fourth-order valence-corrected chi connectivity index (χ4v) is 6.05. The van der Waals surface area contributed by atoms with E-state index < -0.39 is 0 Å². The Labute approximate surface area is 210 Å². The zero-order valence-corrected chi connectivity index (χ0v) is 21.6. The molecule has 0 aliphatic carbocycles. The number of thiophene rings is 1. The number of rotatable bonds is 8. The second kappa shape index (κ2) is 10.2. The van der Waals surface area contributed by atoms with E-state index in [4.69, 9.17) is 4.74 Å². The minimum absolute atomic E-state index is 0.121. The first kappa shape index (κ1) is 24.4. The average Bonchev–Trinajstić information content (AvgIpc) is 3.22. The number of fused-ring (bicyclic) bond motifs is 1. The standard InChI is InChI=1S/C27H25BrFNO3S/c1-16(2)12-23(31)21-15-30(14-18-6-4-5-7-22(18)29)27-24(25(21)32)20(13-28)26(34-27)17-8-10-19(33-3)11-9-17/h4-11,15-16H,12-14H2,1-3H3. The number of nitrogens with zero attached hydrogens (tertiary/aromatic N) is 1. The van der Waals surface area contributed by atoms with E-state index in [1.165, 1.54) is 17.4 Å². The first-order valence-electron chi connectivity index (χ1n) is 11.0. The van der Waals surface area contributed by atoms with Gasteiger partial charge in [0.15, 0.2) is 5.78 Å². The molecule has 0 bridgehead atoms. The quantitative estimate of drug-likeness (QED) is 0.177. The summed E-state index contributed by atoms with van der Waals surface area (Å²) in [6, 6.07) is 14.2. The van der Waals surface area contributed by atoms with Gasteiger partial charge in [0.25, 0.3) is 0 Å². The van der Waals surface area contributed by atoms with Crippen molar-refractivity contribution >= 4 is 43.3 Å². The molecule has 34 heavy (non-hydrogen) atoms. The van der Waals surface area contributed by atoms with Crippen molar-refractivity contribution in [3.63, 3.8) is 0 Å². The molecule has 4 rings (SSSR count). The van der Waals surface area contributed by atoms with Crippen LogP contribution in [-0.4, -0.2) is 17.5 Å². The summed E-state index contributed by atoms with van der Waals surface area (Å²) >= 11 is 5.04. The highest BCUT2D eigenvalue weighted by molar-refractivity contribution is 9.08. The summed E-state index contributed by atoms with van der Waals surface area (Å²) in [4.78, 5) is 28.3. The predicted octanol–water partition coefficient (Wildman–Crippen LogP) is 7.05. The number of alkyl halides is 1. The summed E-state index contributed by atoms with van der Waals surface area (Å²) in [5, 5.41) is 0.962. The van der Waals surface area contributed by atoms with Gasteiger partial charge in [0.05, 0.1) is 24.6 Å². The summed E-state index contributed by atoms with van der Waals surface area (Å²) in [7, 11) is 1.61. The normalized spacial score (nSPS) is 11.4. The second-order valence-corrected chi connectivity index (χ2v) is 10.1. The highest BCUT2D eigenvalue weighted by Crippen LogP contribution is 2.39. The van der Waals surface area contributed by atoms with Gasteiger partial charge in [0, 0.05) is 28.4 Å². The monoisotopic (exact) mass is 541 g/mol. The first-order chi connectivity index (χ1) is 16.3. The van der Waals surface area contributed by atoms with Crippen molar-refractivity contribution in [2.24, 2.45) is 5.92 Å². The van der Waals surface area contributed by atoms with Crippen LogP contribution in [0.4, 0.5) is 4.39 Å². The van der Waals surface area contributed by atoms with Crippen molar-refractivity contribution in [3.05, 3.63) is 87.5 Å². The van der Waals surface area contributed by atoms with Gasteiger partial charge in [-0.25, -0.2) is 4.39 Å². The Balaban J connectivity index is 1.98. The van der Waals surface area contributed by atoms with E-state index in [0.29, 0.717) is 16.3 Å². The number of benzene rings is 2. The van der Waals surface area contributed by atoms with Gasteiger partial charge >= 0.3 is 0 Å². The molecule has 0 fully saturated rings. The van der Waals surface area contributed by atoms with Crippen LogP contribution in [-0.2, 0) is 11.9 Å². The lowest BCUT2D eigenvalue weighted by Gasteiger charge is -2.12. The third kappa shape index (κ3) is 4.72. The summed E-state index contributed by atoms with van der Waals surface area (Å²) in [5.74, 6) is 0.348. The van der Waals surface area contributed by atoms with Crippen molar-refractivity contribution in [3.8, 4) is 16.2 Å². The summed E-state index contributed by atoms with van der Waals surface area (Å²) < 4.78 is 21.6. The van der Waals surface area contributed by atoms with Gasteiger partial charge in [-0.1, -0.05) is 48.0 Å². The van der Waals surface area contributed by atoms with Crippen LogP contribution in [0.2, 0.25) is 0 Å². The lowest BCUT2D eigenvalue weighted by molar-refractivity contribution is 0.0966. The number of aromatic nitrogens is 1. The Morgan fingerprint density at radius 3 is 2.47 bits per heavy atom. The molecule has 2 heterocycles. The van der Waals surface area contributed by atoms with Crippen LogP contribution in [0.3, 0.4) is 0 Å². The fraction of sp³-hybridized carbons (Fsp3) is 0.259. The van der Waals surface area contributed by atoms with Crippen molar-refractivity contribution in [2.45, 2.75) is 32.1 Å². The molecule has 0 saturated heterocycles. The van der Waals surface area contributed by atoms with Gasteiger partial charge < -0.3 is 9.30 Å². The van der Waals surface area contributed by atoms with E-state index in [1.807, 2.05) is 42.7 Å². The lowest BCUT2D eigenvalue weighted by atomic mass is 10.00. The van der Waals surface area contributed by atoms with E-state index in [1.54, 1.807) is 31.5 Å². The smallest absolute Gasteiger partial charge is 0.201 e. The molecular weight excluding hydrogens is 517 g/mol. The van der Waals surface area contributed by atoms with Crippen LogP contribution < -0.4 is 10.2 Å². The predicted molar refractivity (Wildman–Crippen MR) is 140 cm³/mol. The number of hydrogen-bond acceptors (Lipinski definition) is 4. The van der Waals surface area contributed by atoms with E-state index in [9.17, 15) is 14.0 Å². The largest absolute Gasteiger partial charge is 0.497 e. The molecule has 7 heteroatoms. The Morgan fingerprint density at radius 2 is 1.85 bits per heavy atom. The van der Waals surface area contributed by atoms with E-state index in [0.717, 1.165) is 26.6 Å². The number of carbonyl (C=O) groups is 1. The third-order valence-electron chi connectivity index (χ3n) is 5.68. The van der Waals surface area contributed by atoms with E-state index in [2.05, 4.69) is 15.9 Å². The number of ether oxygens (including phenoxy) is 1. The maximum absolute atomic E-state index is 14.5. The van der Waals surface area contributed by atoms with Crippen molar-refractivity contribution in [1.29, 1.82) is 0 Å². The van der Waals surface area contributed by atoms with Crippen LogP contribution in [0.25, 0.3) is 20.7 Å². The topological polar surface area (TPSA) is 48.3 Å². The maximum Gasteiger partial charge on any atom is 0.201 e. The van der Waals surface area contributed by atoms with Crippen LogP contribution in [0, 0.1) is 11.7 Å². The Kier molecular flexibility index (Phi) is 7.33. The van der Waals surface area contributed by atoms with Crippen molar-refractivity contribution in [1.82, 2.24) is 4.57 Å². The van der Waals surface area contributed by atoms with Gasteiger partial charge in [-0.15, -0.1) is 11.3 Å². The molecule has 176 valence electrons. The van der Waals surface area contributed by atoms with Crippen LogP contribution in [0.1, 0.15) is 41.8 Å². The number of hydrogen-bond donors (Lipinski definition) is 0. The molecule has 0 N–H and O–H groups in total. The summed E-state index contributed by atoms with van der Waals surface area (Å²) in [5.41, 5.74) is 2.16. The van der Waals surface area contributed by atoms with Crippen LogP contribution in [0.5, 0.6) is 5.75 Å².